The number of aromatic nitrogens is 1. The van der Waals surface area contributed by atoms with E-state index in [1.165, 1.54) is 0 Å². The van der Waals surface area contributed by atoms with E-state index in [1.807, 2.05) is 12.1 Å². The summed E-state index contributed by atoms with van der Waals surface area (Å²) in [5, 5.41) is 8.56. The van der Waals surface area contributed by atoms with Crippen LogP contribution in [0.1, 0.15) is 43.5 Å². The first-order valence-corrected chi connectivity index (χ1v) is 4.89. The number of rotatable bonds is 4. The Morgan fingerprint density at radius 1 is 1.57 bits per heavy atom. The van der Waals surface area contributed by atoms with E-state index in [4.69, 9.17) is 11.0 Å². The van der Waals surface area contributed by atoms with Gasteiger partial charge in [-0.1, -0.05) is 25.8 Å². The summed E-state index contributed by atoms with van der Waals surface area (Å²) < 4.78 is 0. The fourth-order valence-corrected chi connectivity index (χ4v) is 1.28. The minimum Gasteiger partial charge on any atom is -0.324 e. The second-order valence-corrected chi connectivity index (χ2v) is 3.34. The maximum atomic E-state index is 8.56. The van der Waals surface area contributed by atoms with Gasteiger partial charge in [0, 0.05) is 12.2 Å². The van der Waals surface area contributed by atoms with Crippen LogP contribution in [0, 0.1) is 11.3 Å². The van der Waals surface area contributed by atoms with Crippen molar-refractivity contribution in [3.05, 3.63) is 29.6 Å². The molecule has 2 N–H and O–H groups in total. The molecule has 0 aromatic carbocycles. The minimum absolute atomic E-state index is 0.0511. The molecule has 0 saturated carbocycles. The van der Waals surface area contributed by atoms with Crippen molar-refractivity contribution in [2.75, 3.05) is 0 Å². The van der Waals surface area contributed by atoms with Crippen molar-refractivity contribution in [2.45, 2.75) is 32.2 Å². The fraction of sp³-hybridized carbons (Fsp3) is 0.455. The first-order chi connectivity index (χ1) is 6.77. The van der Waals surface area contributed by atoms with Gasteiger partial charge in [0.15, 0.2) is 0 Å². The third kappa shape index (κ3) is 2.82. The summed E-state index contributed by atoms with van der Waals surface area (Å²) in [5.74, 6) is 0. The van der Waals surface area contributed by atoms with Gasteiger partial charge in [0.25, 0.3) is 0 Å². The summed E-state index contributed by atoms with van der Waals surface area (Å²) in [5.41, 5.74) is 7.40. The number of unbranched alkanes of at least 4 members (excludes halogenated alkanes) is 1. The lowest BCUT2D eigenvalue weighted by atomic mass is 10.0. The average molecular weight is 189 g/mol. The molecule has 1 heterocycles. The summed E-state index contributed by atoms with van der Waals surface area (Å²) in [7, 11) is 0. The third-order valence-corrected chi connectivity index (χ3v) is 2.20. The molecule has 0 amide bonds. The Labute approximate surface area is 84.6 Å². The van der Waals surface area contributed by atoms with Crippen LogP contribution in [0.3, 0.4) is 0 Å². The molecule has 0 bridgehead atoms. The molecule has 0 aliphatic rings. The molecule has 1 aromatic rings. The van der Waals surface area contributed by atoms with Gasteiger partial charge in [-0.2, -0.15) is 5.26 Å². The molecular weight excluding hydrogens is 174 g/mol. The summed E-state index contributed by atoms with van der Waals surface area (Å²) in [6, 6.07) is 5.63. The van der Waals surface area contributed by atoms with E-state index in [1.54, 1.807) is 12.3 Å². The Balaban J connectivity index is 2.63. The Morgan fingerprint density at radius 3 is 2.86 bits per heavy atom. The van der Waals surface area contributed by atoms with Gasteiger partial charge in [-0.25, -0.2) is 4.98 Å². The second-order valence-electron chi connectivity index (χ2n) is 3.34. The van der Waals surface area contributed by atoms with Crippen LogP contribution in [-0.2, 0) is 0 Å². The van der Waals surface area contributed by atoms with Crippen molar-refractivity contribution in [3.63, 3.8) is 0 Å². The van der Waals surface area contributed by atoms with Gasteiger partial charge in [0.05, 0.1) is 0 Å². The number of hydrogen-bond donors (Lipinski definition) is 1. The molecular formula is C11H15N3. The lowest BCUT2D eigenvalue weighted by Gasteiger charge is -2.10. The summed E-state index contributed by atoms with van der Waals surface area (Å²) in [6.45, 7) is 2.14. The van der Waals surface area contributed by atoms with Crippen LogP contribution < -0.4 is 5.73 Å². The normalized spacial score (nSPS) is 12.1. The van der Waals surface area contributed by atoms with E-state index in [0.717, 1.165) is 24.8 Å². The molecule has 1 rings (SSSR count). The van der Waals surface area contributed by atoms with E-state index >= 15 is 0 Å². The lowest BCUT2D eigenvalue weighted by Crippen LogP contribution is -2.10. The second kappa shape index (κ2) is 5.36. The van der Waals surface area contributed by atoms with Gasteiger partial charge >= 0.3 is 0 Å². The largest absolute Gasteiger partial charge is 0.324 e. The van der Waals surface area contributed by atoms with Crippen LogP contribution in [0.15, 0.2) is 18.3 Å². The Bertz CT molecular complexity index is 310. The molecule has 0 aliphatic heterocycles. The quantitative estimate of drug-likeness (QED) is 0.789. The number of pyridine rings is 1. The topological polar surface area (TPSA) is 62.7 Å². The van der Waals surface area contributed by atoms with Crippen molar-refractivity contribution < 1.29 is 0 Å². The van der Waals surface area contributed by atoms with E-state index in [0.29, 0.717) is 5.69 Å². The molecule has 74 valence electrons. The van der Waals surface area contributed by atoms with Crippen LogP contribution >= 0.6 is 0 Å². The zero-order valence-electron chi connectivity index (χ0n) is 8.40. The molecule has 0 radical (unpaired) electrons. The highest BCUT2D eigenvalue weighted by molar-refractivity contribution is 5.24. The summed E-state index contributed by atoms with van der Waals surface area (Å²) in [6.07, 6.45) is 4.95. The number of nitrogens with zero attached hydrogens (tertiary/aromatic N) is 2. The van der Waals surface area contributed by atoms with Crippen molar-refractivity contribution in [3.8, 4) is 6.07 Å². The van der Waals surface area contributed by atoms with Gasteiger partial charge in [-0.3, -0.25) is 0 Å². The van der Waals surface area contributed by atoms with Gasteiger partial charge in [-0.15, -0.1) is 0 Å². The Morgan fingerprint density at radius 2 is 2.36 bits per heavy atom. The van der Waals surface area contributed by atoms with Crippen LogP contribution in [0.25, 0.3) is 0 Å². The maximum absolute atomic E-state index is 8.56. The molecule has 0 spiro atoms. The average Bonchev–Trinajstić information content (AvgIpc) is 2.26. The van der Waals surface area contributed by atoms with Gasteiger partial charge in [0.2, 0.25) is 0 Å². The minimum atomic E-state index is 0.0511. The molecule has 0 fully saturated rings. The van der Waals surface area contributed by atoms with Crippen molar-refractivity contribution in [2.24, 2.45) is 5.73 Å². The smallest absolute Gasteiger partial charge is 0.140 e. The monoisotopic (exact) mass is 189 g/mol. The van der Waals surface area contributed by atoms with E-state index < -0.39 is 0 Å². The van der Waals surface area contributed by atoms with Gasteiger partial charge in [-0.05, 0) is 18.1 Å². The summed E-state index contributed by atoms with van der Waals surface area (Å²) >= 11 is 0. The number of nitrogens with two attached hydrogens (primary N) is 1. The van der Waals surface area contributed by atoms with Crippen molar-refractivity contribution >= 4 is 0 Å². The Hall–Kier alpha value is -1.40. The zero-order chi connectivity index (χ0) is 10.4. The predicted molar refractivity (Wildman–Crippen MR) is 55.4 cm³/mol. The van der Waals surface area contributed by atoms with Crippen molar-refractivity contribution in [1.29, 1.82) is 5.26 Å². The molecule has 1 unspecified atom stereocenters. The number of nitriles is 1. The van der Waals surface area contributed by atoms with Crippen LogP contribution in [-0.4, -0.2) is 4.98 Å². The maximum Gasteiger partial charge on any atom is 0.140 e. The molecule has 3 nitrogen and oxygen atoms in total. The molecule has 0 saturated heterocycles. The molecule has 3 heteroatoms. The lowest BCUT2D eigenvalue weighted by molar-refractivity contribution is 0.601. The SMILES string of the molecule is CCCCC(N)c1ccc(C#N)nc1. The zero-order valence-corrected chi connectivity index (χ0v) is 8.40. The Kier molecular flexibility index (Phi) is 4.09. The standard InChI is InChI=1S/C11H15N3/c1-2-3-4-11(13)9-5-6-10(7-12)14-8-9/h5-6,8,11H,2-4,13H2,1H3. The van der Waals surface area contributed by atoms with Gasteiger partial charge < -0.3 is 5.73 Å². The predicted octanol–water partition coefficient (Wildman–Crippen LogP) is 2.14. The van der Waals surface area contributed by atoms with E-state index in [9.17, 15) is 0 Å². The van der Waals surface area contributed by atoms with Crippen molar-refractivity contribution in [1.82, 2.24) is 4.98 Å². The fourth-order valence-electron chi connectivity index (χ4n) is 1.28. The highest BCUT2D eigenvalue weighted by Crippen LogP contribution is 2.15. The van der Waals surface area contributed by atoms with Crippen LogP contribution in [0.5, 0.6) is 0 Å². The van der Waals surface area contributed by atoms with E-state index in [-0.39, 0.29) is 6.04 Å². The molecule has 0 aliphatic carbocycles. The highest BCUT2D eigenvalue weighted by Gasteiger charge is 2.05. The van der Waals surface area contributed by atoms with Crippen LogP contribution in [0.4, 0.5) is 0 Å². The van der Waals surface area contributed by atoms with Crippen LogP contribution in [0.2, 0.25) is 0 Å². The van der Waals surface area contributed by atoms with Gasteiger partial charge in [0.1, 0.15) is 11.8 Å². The van der Waals surface area contributed by atoms with E-state index in [2.05, 4.69) is 11.9 Å². The molecule has 1 aromatic heterocycles. The number of hydrogen-bond acceptors (Lipinski definition) is 3. The molecule has 1 atom stereocenters. The third-order valence-electron chi connectivity index (χ3n) is 2.20. The first-order valence-electron chi connectivity index (χ1n) is 4.89. The molecule has 14 heavy (non-hydrogen) atoms. The first kappa shape index (κ1) is 10.7. The highest BCUT2D eigenvalue weighted by atomic mass is 14.7. The summed E-state index contributed by atoms with van der Waals surface area (Å²) in [4.78, 5) is 3.99.